The van der Waals surface area contributed by atoms with Crippen molar-refractivity contribution in [1.82, 2.24) is 9.97 Å². The van der Waals surface area contributed by atoms with Crippen molar-refractivity contribution in [2.45, 2.75) is 6.54 Å². The molecular formula is C16H13FN4O2. The number of carbonyl (C=O) groups excluding carboxylic acids is 1. The van der Waals surface area contributed by atoms with E-state index in [4.69, 9.17) is 4.42 Å². The van der Waals surface area contributed by atoms with E-state index in [0.29, 0.717) is 18.1 Å². The zero-order valence-corrected chi connectivity index (χ0v) is 12.0. The molecule has 0 spiro atoms. The summed E-state index contributed by atoms with van der Waals surface area (Å²) in [4.78, 5) is 20.1. The van der Waals surface area contributed by atoms with Gasteiger partial charge in [-0.25, -0.2) is 14.4 Å². The number of carbonyl (C=O) groups is 1. The van der Waals surface area contributed by atoms with E-state index >= 15 is 0 Å². The number of anilines is 2. The second-order valence-corrected chi connectivity index (χ2v) is 4.69. The normalized spacial score (nSPS) is 10.3. The summed E-state index contributed by atoms with van der Waals surface area (Å²) in [6.45, 7) is 0.439. The minimum absolute atomic E-state index is 0.172. The van der Waals surface area contributed by atoms with Crippen LogP contribution in [0.2, 0.25) is 0 Å². The van der Waals surface area contributed by atoms with Gasteiger partial charge in [0.15, 0.2) is 0 Å². The summed E-state index contributed by atoms with van der Waals surface area (Å²) < 4.78 is 18.3. The standard InChI is InChI=1S/C16H13FN4O2/c17-11-3-1-4-12(7-11)21-16(22)14-8-15(20-10-19-14)18-9-13-5-2-6-23-13/h1-8,10H,9H2,(H,21,22)(H,18,19,20). The van der Waals surface area contributed by atoms with Crippen molar-refractivity contribution >= 4 is 17.4 Å². The van der Waals surface area contributed by atoms with E-state index in [0.717, 1.165) is 5.76 Å². The highest BCUT2D eigenvalue weighted by atomic mass is 19.1. The van der Waals surface area contributed by atoms with Crippen LogP contribution in [-0.2, 0) is 6.54 Å². The van der Waals surface area contributed by atoms with E-state index < -0.39 is 11.7 Å². The van der Waals surface area contributed by atoms with E-state index in [-0.39, 0.29) is 5.69 Å². The number of halogens is 1. The molecule has 0 saturated heterocycles. The minimum atomic E-state index is -0.445. The van der Waals surface area contributed by atoms with Crippen LogP contribution in [-0.4, -0.2) is 15.9 Å². The molecule has 0 bridgehead atoms. The number of aromatic nitrogens is 2. The summed E-state index contributed by atoms with van der Waals surface area (Å²) in [5.74, 6) is 0.362. The summed E-state index contributed by atoms with van der Waals surface area (Å²) in [5, 5.41) is 5.61. The zero-order chi connectivity index (χ0) is 16.1. The first kappa shape index (κ1) is 14.7. The summed E-state index contributed by atoms with van der Waals surface area (Å²) in [7, 11) is 0. The average molecular weight is 312 g/mol. The van der Waals surface area contributed by atoms with E-state index in [2.05, 4.69) is 20.6 Å². The Kier molecular flexibility index (Phi) is 4.28. The molecule has 0 radical (unpaired) electrons. The lowest BCUT2D eigenvalue weighted by atomic mass is 10.3. The van der Waals surface area contributed by atoms with Crippen molar-refractivity contribution in [1.29, 1.82) is 0 Å². The van der Waals surface area contributed by atoms with Gasteiger partial charge in [0.05, 0.1) is 12.8 Å². The van der Waals surface area contributed by atoms with E-state index in [9.17, 15) is 9.18 Å². The molecule has 2 heterocycles. The predicted octanol–water partition coefficient (Wildman–Crippen LogP) is 3.07. The topological polar surface area (TPSA) is 80.0 Å². The van der Waals surface area contributed by atoms with Crippen LogP contribution >= 0.6 is 0 Å². The van der Waals surface area contributed by atoms with Gasteiger partial charge in [0.25, 0.3) is 5.91 Å². The molecule has 0 aliphatic heterocycles. The fraction of sp³-hybridized carbons (Fsp3) is 0.0625. The number of hydrogen-bond acceptors (Lipinski definition) is 5. The molecule has 6 nitrogen and oxygen atoms in total. The van der Waals surface area contributed by atoms with E-state index in [1.165, 1.54) is 30.6 Å². The van der Waals surface area contributed by atoms with Gasteiger partial charge < -0.3 is 15.1 Å². The van der Waals surface area contributed by atoms with Gasteiger partial charge in [0, 0.05) is 11.8 Å². The van der Waals surface area contributed by atoms with Crippen LogP contribution in [0.3, 0.4) is 0 Å². The molecule has 2 N–H and O–H groups in total. The second kappa shape index (κ2) is 6.69. The van der Waals surface area contributed by atoms with Crippen molar-refractivity contribution < 1.29 is 13.6 Å². The molecule has 2 aromatic heterocycles. The van der Waals surface area contributed by atoms with Gasteiger partial charge in [0.2, 0.25) is 0 Å². The fourth-order valence-corrected chi connectivity index (χ4v) is 1.93. The maximum Gasteiger partial charge on any atom is 0.274 e. The smallest absolute Gasteiger partial charge is 0.274 e. The van der Waals surface area contributed by atoms with Gasteiger partial charge in [-0.2, -0.15) is 0 Å². The Morgan fingerprint density at radius 1 is 1.17 bits per heavy atom. The molecule has 1 aromatic carbocycles. The van der Waals surface area contributed by atoms with Gasteiger partial charge in [0.1, 0.15) is 29.4 Å². The van der Waals surface area contributed by atoms with Gasteiger partial charge in [-0.15, -0.1) is 0 Å². The van der Waals surface area contributed by atoms with Crippen molar-refractivity contribution in [3.8, 4) is 0 Å². The summed E-state index contributed by atoms with van der Waals surface area (Å²) in [5.41, 5.74) is 0.532. The van der Waals surface area contributed by atoms with Crippen LogP contribution in [0.4, 0.5) is 15.9 Å². The van der Waals surface area contributed by atoms with Gasteiger partial charge in [-0.3, -0.25) is 4.79 Å². The lowest BCUT2D eigenvalue weighted by Gasteiger charge is -2.07. The SMILES string of the molecule is O=C(Nc1cccc(F)c1)c1cc(NCc2ccco2)ncn1. The van der Waals surface area contributed by atoms with Gasteiger partial charge >= 0.3 is 0 Å². The Morgan fingerprint density at radius 2 is 2.09 bits per heavy atom. The molecule has 0 aliphatic rings. The van der Waals surface area contributed by atoms with Crippen LogP contribution in [0, 0.1) is 5.82 Å². The quantitative estimate of drug-likeness (QED) is 0.757. The lowest BCUT2D eigenvalue weighted by Crippen LogP contribution is -2.14. The van der Waals surface area contributed by atoms with Crippen molar-refractivity contribution in [2.24, 2.45) is 0 Å². The number of nitrogens with one attached hydrogen (secondary N) is 2. The van der Waals surface area contributed by atoms with Gasteiger partial charge in [-0.1, -0.05) is 6.07 Å². The molecule has 116 valence electrons. The van der Waals surface area contributed by atoms with Crippen molar-refractivity contribution in [2.75, 3.05) is 10.6 Å². The van der Waals surface area contributed by atoms with Crippen molar-refractivity contribution in [3.63, 3.8) is 0 Å². The minimum Gasteiger partial charge on any atom is -0.467 e. The maximum atomic E-state index is 13.1. The highest BCUT2D eigenvalue weighted by Crippen LogP contribution is 2.12. The third kappa shape index (κ3) is 3.91. The number of hydrogen-bond donors (Lipinski definition) is 2. The molecule has 1 amide bonds. The third-order valence-electron chi connectivity index (χ3n) is 3.01. The van der Waals surface area contributed by atoms with Crippen molar-refractivity contribution in [3.05, 3.63) is 72.3 Å². The highest BCUT2D eigenvalue weighted by molar-refractivity contribution is 6.03. The third-order valence-corrected chi connectivity index (χ3v) is 3.01. The first-order valence-electron chi connectivity index (χ1n) is 6.86. The Hall–Kier alpha value is -3.22. The Morgan fingerprint density at radius 3 is 2.87 bits per heavy atom. The number of furan rings is 1. The number of amides is 1. The summed E-state index contributed by atoms with van der Waals surface area (Å²) in [6, 6.07) is 10.8. The first-order chi connectivity index (χ1) is 11.2. The van der Waals surface area contributed by atoms with Crippen LogP contribution in [0.5, 0.6) is 0 Å². The molecule has 0 saturated carbocycles. The monoisotopic (exact) mass is 312 g/mol. The molecule has 23 heavy (non-hydrogen) atoms. The van der Waals surface area contributed by atoms with Gasteiger partial charge in [-0.05, 0) is 30.3 Å². The molecule has 3 rings (SSSR count). The van der Waals surface area contributed by atoms with E-state index in [1.807, 2.05) is 6.07 Å². The molecule has 7 heteroatoms. The second-order valence-electron chi connectivity index (χ2n) is 4.69. The predicted molar refractivity (Wildman–Crippen MR) is 82.4 cm³/mol. The summed E-state index contributed by atoms with van der Waals surface area (Å²) in [6.07, 6.45) is 2.86. The van der Waals surface area contributed by atoms with Crippen LogP contribution in [0.25, 0.3) is 0 Å². The average Bonchev–Trinajstić information content (AvgIpc) is 3.07. The first-order valence-corrected chi connectivity index (χ1v) is 6.86. The molecular weight excluding hydrogens is 299 g/mol. The maximum absolute atomic E-state index is 13.1. The Balaban J connectivity index is 1.67. The van der Waals surface area contributed by atoms with Crippen LogP contribution in [0.1, 0.15) is 16.2 Å². The Labute approximate surface area is 131 Å². The van der Waals surface area contributed by atoms with Crippen LogP contribution < -0.4 is 10.6 Å². The fourth-order valence-electron chi connectivity index (χ4n) is 1.93. The van der Waals surface area contributed by atoms with E-state index in [1.54, 1.807) is 18.4 Å². The highest BCUT2D eigenvalue weighted by Gasteiger charge is 2.10. The van der Waals surface area contributed by atoms with Crippen LogP contribution in [0.15, 0.2) is 59.5 Å². The largest absolute Gasteiger partial charge is 0.467 e. The Bertz CT molecular complexity index is 805. The molecule has 0 unspecified atom stereocenters. The number of rotatable bonds is 5. The molecule has 0 fully saturated rings. The number of nitrogens with zero attached hydrogens (tertiary/aromatic N) is 2. The lowest BCUT2D eigenvalue weighted by molar-refractivity contribution is 0.102. The molecule has 0 aliphatic carbocycles. The molecule has 3 aromatic rings. The number of benzene rings is 1. The zero-order valence-electron chi connectivity index (χ0n) is 12.0. The molecule has 0 atom stereocenters. The summed E-state index contributed by atoms with van der Waals surface area (Å²) >= 11 is 0.